The number of aromatic nitrogens is 2. The van der Waals surface area contributed by atoms with Gasteiger partial charge in [0.15, 0.2) is 0 Å². The maximum atomic E-state index is 10.8. The van der Waals surface area contributed by atoms with Crippen LogP contribution in [0.5, 0.6) is 0 Å². The quantitative estimate of drug-likeness (QED) is 0.871. The number of hydrogen-bond acceptors (Lipinski definition) is 4. The van der Waals surface area contributed by atoms with Gasteiger partial charge < -0.3 is 19.0 Å². The molecule has 1 N–H and O–H groups in total. The summed E-state index contributed by atoms with van der Waals surface area (Å²) in [6.07, 6.45) is 3.63. The molecule has 6 nitrogen and oxygen atoms in total. The van der Waals surface area contributed by atoms with E-state index >= 15 is 0 Å². The van der Waals surface area contributed by atoms with Crippen LogP contribution in [0.15, 0.2) is 24.5 Å². The van der Waals surface area contributed by atoms with E-state index in [0.29, 0.717) is 6.54 Å². The first-order chi connectivity index (χ1) is 10.7. The van der Waals surface area contributed by atoms with Gasteiger partial charge in [0, 0.05) is 24.3 Å². The van der Waals surface area contributed by atoms with Gasteiger partial charge in [-0.05, 0) is 45.3 Å². The van der Waals surface area contributed by atoms with Gasteiger partial charge in [0.05, 0.1) is 17.6 Å². The number of aliphatic carboxylic acids is 1. The zero-order valence-corrected chi connectivity index (χ0v) is 13.9. The third-order valence-electron chi connectivity index (χ3n) is 4.77. The summed E-state index contributed by atoms with van der Waals surface area (Å²) in [5, 5.41) is 9.78. The van der Waals surface area contributed by atoms with Gasteiger partial charge in [-0.25, -0.2) is 4.98 Å². The zero-order chi connectivity index (χ0) is 16.8. The lowest BCUT2D eigenvalue weighted by Gasteiger charge is -2.32. The predicted molar refractivity (Wildman–Crippen MR) is 87.7 cm³/mol. The minimum Gasteiger partial charge on any atom is -0.481 e. The molecular formula is C16H21BN2O4. The third kappa shape index (κ3) is 2.75. The fourth-order valence-electron chi connectivity index (χ4n) is 2.68. The first kappa shape index (κ1) is 16.0. The van der Waals surface area contributed by atoms with Crippen LogP contribution < -0.4 is 5.46 Å². The Hall–Kier alpha value is -1.86. The SMILES string of the molecule is CC1(C)OB(c2ccnc3c2ccn3CCC(=O)O)OC1(C)C. The van der Waals surface area contributed by atoms with E-state index in [0.717, 1.165) is 16.5 Å². The molecular weight excluding hydrogens is 295 g/mol. The Labute approximate surface area is 135 Å². The van der Waals surface area contributed by atoms with Crippen molar-refractivity contribution >= 4 is 29.6 Å². The van der Waals surface area contributed by atoms with Gasteiger partial charge in [-0.3, -0.25) is 4.79 Å². The van der Waals surface area contributed by atoms with Crippen molar-refractivity contribution in [2.24, 2.45) is 0 Å². The van der Waals surface area contributed by atoms with Crippen molar-refractivity contribution in [2.45, 2.75) is 51.9 Å². The lowest BCUT2D eigenvalue weighted by molar-refractivity contribution is -0.137. The van der Waals surface area contributed by atoms with Crippen LogP contribution in [0.25, 0.3) is 11.0 Å². The standard InChI is InChI=1S/C16H21BN2O4/c1-15(2)16(3,4)23-17(22-15)12-5-8-18-14-11(12)6-9-19(14)10-7-13(20)21/h5-6,8-9H,7,10H2,1-4H3,(H,20,21). The molecule has 1 saturated heterocycles. The van der Waals surface area contributed by atoms with Crippen LogP contribution in [0, 0.1) is 0 Å². The van der Waals surface area contributed by atoms with E-state index in [4.69, 9.17) is 14.4 Å². The fourth-order valence-corrected chi connectivity index (χ4v) is 2.68. The van der Waals surface area contributed by atoms with Crippen molar-refractivity contribution in [3.63, 3.8) is 0 Å². The minimum atomic E-state index is -0.825. The molecule has 23 heavy (non-hydrogen) atoms. The van der Waals surface area contributed by atoms with Gasteiger partial charge >= 0.3 is 13.1 Å². The number of carboxylic acid groups (broad SMARTS) is 1. The smallest absolute Gasteiger partial charge is 0.481 e. The molecule has 122 valence electrons. The molecule has 1 aliphatic rings. The highest BCUT2D eigenvalue weighted by molar-refractivity contribution is 6.65. The normalized spacial score (nSPS) is 19.4. The van der Waals surface area contributed by atoms with E-state index in [1.807, 2.05) is 50.6 Å². The Morgan fingerprint density at radius 3 is 2.52 bits per heavy atom. The van der Waals surface area contributed by atoms with E-state index in [1.165, 1.54) is 0 Å². The number of carboxylic acids is 1. The summed E-state index contributed by atoms with van der Waals surface area (Å²) in [6, 6.07) is 3.83. The number of pyridine rings is 1. The number of carbonyl (C=O) groups is 1. The van der Waals surface area contributed by atoms with Crippen molar-refractivity contribution in [1.82, 2.24) is 9.55 Å². The lowest BCUT2D eigenvalue weighted by atomic mass is 9.78. The third-order valence-corrected chi connectivity index (χ3v) is 4.77. The molecule has 0 radical (unpaired) electrons. The molecule has 3 rings (SSSR count). The van der Waals surface area contributed by atoms with Gasteiger partial charge in [-0.1, -0.05) is 0 Å². The van der Waals surface area contributed by atoms with Crippen LogP contribution in [0.1, 0.15) is 34.1 Å². The Kier molecular flexibility index (Phi) is 3.73. The molecule has 0 unspecified atom stereocenters. The van der Waals surface area contributed by atoms with Crippen LogP contribution >= 0.6 is 0 Å². The molecule has 2 aromatic rings. The summed E-state index contributed by atoms with van der Waals surface area (Å²) >= 11 is 0. The monoisotopic (exact) mass is 316 g/mol. The van der Waals surface area contributed by atoms with E-state index in [2.05, 4.69) is 4.98 Å². The Morgan fingerprint density at radius 2 is 1.91 bits per heavy atom. The predicted octanol–water partition coefficient (Wildman–Crippen LogP) is 1.81. The number of hydrogen-bond donors (Lipinski definition) is 1. The van der Waals surface area contributed by atoms with Crippen molar-refractivity contribution in [3.8, 4) is 0 Å². The highest BCUT2D eigenvalue weighted by Gasteiger charge is 2.52. The summed E-state index contributed by atoms with van der Waals surface area (Å²) < 4.78 is 14.1. The lowest BCUT2D eigenvalue weighted by Crippen LogP contribution is -2.41. The molecule has 2 aromatic heterocycles. The topological polar surface area (TPSA) is 73.6 Å². The highest BCUT2D eigenvalue weighted by Crippen LogP contribution is 2.36. The summed E-state index contributed by atoms with van der Waals surface area (Å²) in [7, 11) is -0.458. The number of fused-ring (bicyclic) bond motifs is 1. The molecule has 7 heteroatoms. The van der Waals surface area contributed by atoms with Crippen molar-refractivity contribution in [1.29, 1.82) is 0 Å². The van der Waals surface area contributed by atoms with E-state index in [1.54, 1.807) is 6.20 Å². The summed E-state index contributed by atoms with van der Waals surface area (Å²) in [5.74, 6) is -0.825. The minimum absolute atomic E-state index is 0.0617. The first-order valence-corrected chi connectivity index (χ1v) is 7.72. The molecule has 3 heterocycles. The molecule has 0 atom stereocenters. The molecule has 0 aromatic carbocycles. The van der Waals surface area contributed by atoms with Crippen molar-refractivity contribution < 1.29 is 19.2 Å². The Morgan fingerprint density at radius 1 is 1.26 bits per heavy atom. The number of nitrogens with zero attached hydrogens (tertiary/aromatic N) is 2. The van der Waals surface area contributed by atoms with Crippen LogP contribution in [0.4, 0.5) is 0 Å². The summed E-state index contributed by atoms with van der Waals surface area (Å²) in [5.41, 5.74) is 0.860. The van der Waals surface area contributed by atoms with Gasteiger partial charge in [0.1, 0.15) is 5.65 Å². The maximum Gasteiger partial charge on any atom is 0.495 e. The second kappa shape index (κ2) is 5.35. The Balaban J connectivity index is 1.96. The molecule has 0 saturated carbocycles. The van der Waals surface area contributed by atoms with Gasteiger partial charge in [0.25, 0.3) is 0 Å². The van der Waals surface area contributed by atoms with E-state index in [-0.39, 0.29) is 6.42 Å². The average Bonchev–Trinajstić information content (AvgIpc) is 2.95. The average molecular weight is 316 g/mol. The van der Waals surface area contributed by atoms with Gasteiger partial charge in [-0.2, -0.15) is 0 Å². The molecule has 0 bridgehead atoms. The maximum absolute atomic E-state index is 10.8. The second-order valence-corrected chi connectivity index (χ2v) is 6.88. The van der Waals surface area contributed by atoms with Crippen LogP contribution in [0.2, 0.25) is 0 Å². The fraction of sp³-hybridized carbons (Fsp3) is 0.500. The van der Waals surface area contributed by atoms with Crippen molar-refractivity contribution in [3.05, 3.63) is 24.5 Å². The zero-order valence-electron chi connectivity index (χ0n) is 13.9. The molecule has 1 fully saturated rings. The van der Waals surface area contributed by atoms with E-state index < -0.39 is 24.3 Å². The van der Waals surface area contributed by atoms with Crippen molar-refractivity contribution in [2.75, 3.05) is 0 Å². The van der Waals surface area contributed by atoms with Gasteiger partial charge in [-0.15, -0.1) is 0 Å². The largest absolute Gasteiger partial charge is 0.495 e. The van der Waals surface area contributed by atoms with Crippen LogP contribution in [0.3, 0.4) is 0 Å². The second-order valence-electron chi connectivity index (χ2n) is 6.88. The molecule has 0 amide bonds. The molecule has 0 spiro atoms. The first-order valence-electron chi connectivity index (χ1n) is 7.72. The molecule has 1 aliphatic heterocycles. The highest BCUT2D eigenvalue weighted by atomic mass is 16.7. The Bertz CT molecular complexity index is 738. The summed E-state index contributed by atoms with van der Waals surface area (Å²) in [4.78, 5) is 15.2. The van der Waals surface area contributed by atoms with Crippen LogP contribution in [-0.4, -0.2) is 38.9 Å². The number of aryl methyl sites for hydroxylation is 1. The summed E-state index contributed by atoms with van der Waals surface area (Å²) in [6.45, 7) is 8.46. The molecule has 0 aliphatic carbocycles. The van der Waals surface area contributed by atoms with Crippen LogP contribution in [-0.2, 0) is 20.6 Å². The van der Waals surface area contributed by atoms with E-state index in [9.17, 15) is 4.79 Å². The number of rotatable bonds is 4. The van der Waals surface area contributed by atoms with Gasteiger partial charge in [0.2, 0.25) is 0 Å².